The van der Waals surface area contributed by atoms with E-state index >= 15 is 0 Å². The second kappa shape index (κ2) is 5.53. The van der Waals surface area contributed by atoms with Crippen molar-refractivity contribution in [3.63, 3.8) is 0 Å². The highest BCUT2D eigenvalue weighted by Crippen LogP contribution is 2.18. The first-order valence-electron chi connectivity index (χ1n) is 4.99. The van der Waals surface area contributed by atoms with Crippen LogP contribution in [0.1, 0.15) is 10.5 Å². The quantitative estimate of drug-likeness (QED) is 0.868. The summed E-state index contributed by atoms with van der Waals surface area (Å²) in [7, 11) is -1.44. The molecule has 8 heteroatoms. The van der Waals surface area contributed by atoms with E-state index < -0.39 is 15.8 Å². The molecule has 0 aliphatic carbocycles. The van der Waals surface area contributed by atoms with Crippen molar-refractivity contribution in [2.45, 2.75) is 0 Å². The molecule has 1 aromatic heterocycles. The fourth-order valence-corrected chi connectivity index (χ4v) is 2.00. The number of aromatic nitrogens is 1. The van der Waals surface area contributed by atoms with Gasteiger partial charge in [-0.15, -0.1) is 0 Å². The first kappa shape index (κ1) is 14.7. The summed E-state index contributed by atoms with van der Waals surface area (Å²) in [6.07, 6.45) is 1.14. The molecule has 6 nitrogen and oxygen atoms in total. The van der Waals surface area contributed by atoms with Crippen molar-refractivity contribution < 1.29 is 18.3 Å². The van der Waals surface area contributed by atoms with Crippen LogP contribution in [0.2, 0.25) is 5.02 Å². The minimum absolute atomic E-state index is 0.0315. The third kappa shape index (κ3) is 4.15. The van der Waals surface area contributed by atoms with Gasteiger partial charge in [-0.2, -0.15) is 0 Å². The largest absolute Gasteiger partial charge is 0.476 e. The molecule has 0 fully saturated rings. The van der Waals surface area contributed by atoms with E-state index in [0.717, 1.165) is 6.26 Å². The Kier molecular flexibility index (Phi) is 4.53. The summed E-state index contributed by atoms with van der Waals surface area (Å²) in [6.45, 7) is 0.229. The van der Waals surface area contributed by atoms with Crippen LogP contribution in [-0.2, 0) is 9.84 Å². The number of sulfone groups is 1. The molecule has 0 saturated heterocycles. The van der Waals surface area contributed by atoms with Gasteiger partial charge in [-0.05, 0) is 12.1 Å². The van der Waals surface area contributed by atoms with Crippen LogP contribution in [0.5, 0.6) is 0 Å². The van der Waals surface area contributed by atoms with Crippen molar-refractivity contribution in [1.82, 2.24) is 4.98 Å². The highest BCUT2D eigenvalue weighted by molar-refractivity contribution is 7.90. The topological polar surface area (TPSA) is 87.6 Å². The van der Waals surface area contributed by atoms with E-state index in [1.54, 1.807) is 11.9 Å². The van der Waals surface area contributed by atoms with E-state index in [-0.39, 0.29) is 23.0 Å². The maximum absolute atomic E-state index is 11.0. The van der Waals surface area contributed by atoms with Gasteiger partial charge < -0.3 is 10.0 Å². The molecule has 0 aromatic carbocycles. The normalized spacial score (nSPS) is 11.3. The maximum Gasteiger partial charge on any atom is 0.356 e. The Bertz CT molecular complexity index is 559. The zero-order valence-corrected chi connectivity index (χ0v) is 11.5. The summed E-state index contributed by atoms with van der Waals surface area (Å²) in [6, 6.07) is 2.96. The number of hydrogen-bond acceptors (Lipinski definition) is 5. The number of aromatic carboxylic acids is 1. The predicted octanol–water partition coefficient (Wildman–Crippen LogP) is 0.914. The van der Waals surface area contributed by atoms with E-state index in [1.807, 2.05) is 0 Å². The third-order valence-electron chi connectivity index (χ3n) is 2.22. The smallest absolute Gasteiger partial charge is 0.356 e. The van der Waals surface area contributed by atoms with Gasteiger partial charge in [-0.3, -0.25) is 0 Å². The number of hydrogen-bond donors (Lipinski definition) is 1. The monoisotopic (exact) mass is 292 g/mol. The molecule has 0 unspecified atom stereocenters. The molecule has 0 amide bonds. The first-order valence-corrected chi connectivity index (χ1v) is 7.43. The molecule has 18 heavy (non-hydrogen) atoms. The summed E-state index contributed by atoms with van der Waals surface area (Å²) < 4.78 is 22.1. The molecule has 1 heterocycles. The molecule has 1 rings (SSSR count). The van der Waals surface area contributed by atoms with Crippen molar-refractivity contribution >= 4 is 33.2 Å². The van der Waals surface area contributed by atoms with Crippen LogP contribution in [0.25, 0.3) is 0 Å². The maximum atomic E-state index is 11.0. The summed E-state index contributed by atoms with van der Waals surface area (Å²) in [5.74, 6) is -0.894. The molecule has 0 bridgehead atoms. The lowest BCUT2D eigenvalue weighted by molar-refractivity contribution is 0.0691. The Morgan fingerprint density at radius 3 is 2.61 bits per heavy atom. The molecular formula is C10H13ClN2O4S. The zero-order chi connectivity index (χ0) is 13.9. The van der Waals surface area contributed by atoms with Crippen molar-refractivity contribution in [3.05, 3.63) is 22.8 Å². The van der Waals surface area contributed by atoms with Crippen LogP contribution in [0.3, 0.4) is 0 Å². The minimum atomic E-state index is -3.07. The van der Waals surface area contributed by atoms with Gasteiger partial charge in [0.1, 0.15) is 15.7 Å². The van der Waals surface area contributed by atoms with Gasteiger partial charge in [-0.25, -0.2) is 18.2 Å². The molecule has 100 valence electrons. The average molecular weight is 293 g/mol. The van der Waals surface area contributed by atoms with Crippen molar-refractivity contribution in [2.75, 3.05) is 30.5 Å². The number of nitrogens with zero attached hydrogens (tertiary/aromatic N) is 2. The number of pyridine rings is 1. The Morgan fingerprint density at radius 1 is 1.50 bits per heavy atom. The van der Waals surface area contributed by atoms with Gasteiger partial charge in [0.2, 0.25) is 0 Å². The van der Waals surface area contributed by atoms with Crippen LogP contribution in [0.15, 0.2) is 12.1 Å². The van der Waals surface area contributed by atoms with E-state index in [1.165, 1.54) is 12.1 Å². The average Bonchev–Trinajstić information content (AvgIpc) is 2.25. The van der Waals surface area contributed by atoms with Crippen LogP contribution >= 0.6 is 11.6 Å². The lowest BCUT2D eigenvalue weighted by Crippen LogP contribution is -2.26. The van der Waals surface area contributed by atoms with Crippen LogP contribution in [0, 0.1) is 0 Å². The lowest BCUT2D eigenvalue weighted by atomic mass is 10.3. The van der Waals surface area contributed by atoms with E-state index in [0.29, 0.717) is 5.82 Å². The number of carbonyl (C=O) groups is 1. The van der Waals surface area contributed by atoms with Gasteiger partial charge in [0.15, 0.2) is 5.69 Å². The molecule has 0 saturated carbocycles. The fraction of sp³-hybridized carbons (Fsp3) is 0.400. The second-order valence-corrected chi connectivity index (χ2v) is 6.52. The first-order chi connectivity index (χ1) is 8.20. The highest BCUT2D eigenvalue weighted by atomic mass is 35.5. The van der Waals surface area contributed by atoms with Crippen molar-refractivity contribution in [3.8, 4) is 0 Å². The fourth-order valence-electron chi connectivity index (χ4n) is 1.21. The van der Waals surface area contributed by atoms with Gasteiger partial charge in [0.25, 0.3) is 0 Å². The highest BCUT2D eigenvalue weighted by Gasteiger charge is 2.14. The Morgan fingerprint density at radius 2 is 2.11 bits per heavy atom. The van der Waals surface area contributed by atoms with E-state index in [2.05, 4.69) is 4.98 Å². The van der Waals surface area contributed by atoms with Crippen LogP contribution in [0.4, 0.5) is 5.82 Å². The Hall–Kier alpha value is -1.34. The molecule has 0 spiro atoms. The van der Waals surface area contributed by atoms with Gasteiger partial charge >= 0.3 is 5.97 Å². The summed E-state index contributed by atoms with van der Waals surface area (Å²) in [4.78, 5) is 16.3. The van der Waals surface area contributed by atoms with E-state index in [4.69, 9.17) is 16.7 Å². The number of carboxylic acid groups (broad SMARTS) is 1. The number of rotatable bonds is 5. The van der Waals surface area contributed by atoms with Gasteiger partial charge in [-0.1, -0.05) is 11.6 Å². The molecule has 0 aliphatic rings. The summed E-state index contributed by atoms with van der Waals surface area (Å²) >= 11 is 5.69. The number of anilines is 1. The SMILES string of the molecule is CN(CCS(C)(=O)=O)c1ccc(Cl)c(C(=O)O)n1. The number of halogens is 1. The minimum Gasteiger partial charge on any atom is -0.476 e. The molecule has 0 aliphatic heterocycles. The number of carboxylic acids is 1. The molecule has 1 aromatic rings. The third-order valence-corrected chi connectivity index (χ3v) is 3.45. The van der Waals surface area contributed by atoms with Crippen LogP contribution in [-0.4, -0.2) is 50.1 Å². The summed E-state index contributed by atoms with van der Waals surface area (Å²) in [5, 5.41) is 8.91. The van der Waals surface area contributed by atoms with Crippen LogP contribution < -0.4 is 4.90 Å². The standard InChI is InChI=1S/C10H13ClN2O4S/c1-13(5-6-18(2,16)17)8-4-3-7(11)9(12-8)10(14)15/h3-4H,5-6H2,1-2H3,(H,14,15). The summed E-state index contributed by atoms with van der Waals surface area (Å²) in [5.41, 5.74) is -0.250. The Labute approximate surface area is 110 Å². The lowest BCUT2D eigenvalue weighted by Gasteiger charge is -2.18. The van der Waals surface area contributed by atoms with Gasteiger partial charge in [0.05, 0.1) is 10.8 Å². The second-order valence-electron chi connectivity index (χ2n) is 3.86. The Balaban J connectivity index is 2.90. The molecular weight excluding hydrogens is 280 g/mol. The molecule has 0 radical (unpaired) electrons. The molecule has 1 N–H and O–H groups in total. The zero-order valence-electron chi connectivity index (χ0n) is 9.92. The van der Waals surface area contributed by atoms with Crippen molar-refractivity contribution in [2.24, 2.45) is 0 Å². The van der Waals surface area contributed by atoms with Crippen molar-refractivity contribution in [1.29, 1.82) is 0 Å². The molecule has 0 atom stereocenters. The van der Waals surface area contributed by atoms with Gasteiger partial charge in [0, 0.05) is 19.8 Å². The van der Waals surface area contributed by atoms with E-state index in [9.17, 15) is 13.2 Å². The predicted molar refractivity (Wildman–Crippen MR) is 69.2 cm³/mol.